The summed E-state index contributed by atoms with van der Waals surface area (Å²) in [5.41, 5.74) is 7.25. The first-order chi connectivity index (χ1) is 6.19. The molecule has 2 N–H and O–H groups in total. The molecule has 1 heterocycles. The molecule has 0 aromatic carbocycles. The van der Waals surface area contributed by atoms with E-state index in [0.29, 0.717) is 12.3 Å². The van der Waals surface area contributed by atoms with E-state index in [1.807, 2.05) is 6.92 Å². The van der Waals surface area contributed by atoms with Crippen LogP contribution in [0.15, 0.2) is 12.7 Å². The van der Waals surface area contributed by atoms with E-state index in [-0.39, 0.29) is 5.95 Å². The summed E-state index contributed by atoms with van der Waals surface area (Å²) in [6.07, 6.45) is 2.47. The molecule has 13 heavy (non-hydrogen) atoms. The molecule has 70 valence electrons. The first kappa shape index (κ1) is 9.51. The molecule has 1 aromatic rings. The number of allylic oxidation sites excluding steroid dienone is 1. The van der Waals surface area contributed by atoms with E-state index in [4.69, 9.17) is 10.5 Å². The van der Waals surface area contributed by atoms with Crippen LogP contribution in [0.5, 0.6) is 5.88 Å². The monoisotopic (exact) mass is 179 g/mol. The Labute approximate surface area is 77.5 Å². The number of methoxy groups -OCH3 is 1. The summed E-state index contributed by atoms with van der Waals surface area (Å²) in [4.78, 5) is 8.01. The average Bonchev–Trinajstić information content (AvgIpc) is 2.09. The molecule has 0 spiro atoms. The first-order valence-corrected chi connectivity index (χ1v) is 3.97. The summed E-state index contributed by atoms with van der Waals surface area (Å²) >= 11 is 0. The maximum Gasteiger partial charge on any atom is 0.223 e. The van der Waals surface area contributed by atoms with E-state index in [2.05, 4.69) is 16.5 Å². The smallest absolute Gasteiger partial charge is 0.223 e. The van der Waals surface area contributed by atoms with E-state index in [1.54, 1.807) is 13.2 Å². The second-order valence-electron chi connectivity index (χ2n) is 2.65. The Bertz CT molecular complexity index is 323. The van der Waals surface area contributed by atoms with Crippen molar-refractivity contribution in [2.24, 2.45) is 0 Å². The fourth-order valence-corrected chi connectivity index (χ4v) is 1.14. The number of hydrogen-bond acceptors (Lipinski definition) is 4. The number of nitrogen functional groups attached to an aromatic ring is 1. The SMILES string of the molecule is C=CCc1c(C)nc(N)nc1OC. The highest BCUT2D eigenvalue weighted by Crippen LogP contribution is 2.19. The molecule has 0 saturated carbocycles. The Morgan fingerprint density at radius 3 is 2.77 bits per heavy atom. The van der Waals surface area contributed by atoms with Gasteiger partial charge in [0.1, 0.15) is 0 Å². The highest BCUT2D eigenvalue weighted by Gasteiger charge is 2.08. The highest BCUT2D eigenvalue weighted by molar-refractivity contribution is 5.36. The van der Waals surface area contributed by atoms with E-state index in [1.165, 1.54) is 0 Å². The van der Waals surface area contributed by atoms with E-state index >= 15 is 0 Å². The summed E-state index contributed by atoms with van der Waals surface area (Å²) in [6, 6.07) is 0. The predicted molar refractivity (Wildman–Crippen MR) is 51.6 cm³/mol. The molecule has 0 fully saturated rings. The van der Waals surface area contributed by atoms with Crippen LogP contribution in [0.4, 0.5) is 5.95 Å². The zero-order valence-corrected chi connectivity index (χ0v) is 7.87. The van der Waals surface area contributed by atoms with Crippen molar-refractivity contribution in [2.75, 3.05) is 12.8 Å². The molecule has 0 aliphatic heterocycles. The van der Waals surface area contributed by atoms with Crippen LogP contribution in [0.3, 0.4) is 0 Å². The minimum absolute atomic E-state index is 0.238. The molecule has 0 bridgehead atoms. The molecule has 1 aromatic heterocycles. The second-order valence-corrected chi connectivity index (χ2v) is 2.65. The maximum absolute atomic E-state index is 5.47. The van der Waals surface area contributed by atoms with Gasteiger partial charge in [0, 0.05) is 5.56 Å². The molecular weight excluding hydrogens is 166 g/mol. The van der Waals surface area contributed by atoms with Crippen LogP contribution in [0.25, 0.3) is 0 Å². The molecule has 0 unspecified atom stereocenters. The fraction of sp³-hybridized carbons (Fsp3) is 0.333. The largest absolute Gasteiger partial charge is 0.481 e. The third-order valence-electron chi connectivity index (χ3n) is 1.74. The van der Waals surface area contributed by atoms with Crippen LogP contribution in [0, 0.1) is 6.92 Å². The molecule has 0 amide bonds. The van der Waals surface area contributed by atoms with Gasteiger partial charge in [-0.3, -0.25) is 0 Å². The molecule has 4 heteroatoms. The summed E-state index contributed by atoms with van der Waals surface area (Å²) in [5, 5.41) is 0. The summed E-state index contributed by atoms with van der Waals surface area (Å²) in [5.74, 6) is 0.770. The minimum atomic E-state index is 0.238. The molecule has 4 nitrogen and oxygen atoms in total. The molecule has 0 saturated heterocycles. The lowest BCUT2D eigenvalue weighted by molar-refractivity contribution is 0.392. The summed E-state index contributed by atoms with van der Waals surface area (Å²) in [6.45, 7) is 5.53. The van der Waals surface area contributed by atoms with Crippen LogP contribution in [0.1, 0.15) is 11.3 Å². The van der Waals surface area contributed by atoms with Gasteiger partial charge in [-0.05, 0) is 13.3 Å². The predicted octanol–water partition coefficient (Wildman–Crippen LogP) is 1.10. The van der Waals surface area contributed by atoms with Crippen molar-refractivity contribution in [3.63, 3.8) is 0 Å². The molecule has 0 aliphatic rings. The number of hydrogen-bond donors (Lipinski definition) is 1. The van der Waals surface area contributed by atoms with Crippen molar-refractivity contribution in [3.8, 4) is 5.88 Å². The molecular formula is C9H13N3O. The minimum Gasteiger partial charge on any atom is -0.481 e. The number of aromatic nitrogens is 2. The first-order valence-electron chi connectivity index (χ1n) is 3.97. The van der Waals surface area contributed by atoms with Gasteiger partial charge in [0.2, 0.25) is 11.8 Å². The third-order valence-corrected chi connectivity index (χ3v) is 1.74. The van der Waals surface area contributed by atoms with Gasteiger partial charge in [-0.15, -0.1) is 6.58 Å². The van der Waals surface area contributed by atoms with Crippen LogP contribution >= 0.6 is 0 Å². The lowest BCUT2D eigenvalue weighted by Crippen LogP contribution is -2.04. The van der Waals surface area contributed by atoms with E-state index < -0.39 is 0 Å². The highest BCUT2D eigenvalue weighted by atomic mass is 16.5. The Morgan fingerprint density at radius 1 is 1.54 bits per heavy atom. The number of rotatable bonds is 3. The van der Waals surface area contributed by atoms with Crippen LogP contribution < -0.4 is 10.5 Å². The van der Waals surface area contributed by atoms with E-state index in [0.717, 1.165) is 11.3 Å². The number of ether oxygens (including phenoxy) is 1. The second kappa shape index (κ2) is 3.89. The lowest BCUT2D eigenvalue weighted by atomic mass is 10.1. The number of aryl methyl sites for hydroxylation is 1. The molecule has 0 aliphatic carbocycles. The van der Waals surface area contributed by atoms with Crippen LogP contribution in [-0.4, -0.2) is 17.1 Å². The summed E-state index contributed by atoms with van der Waals surface area (Å²) < 4.78 is 5.08. The Kier molecular flexibility index (Phi) is 2.84. The van der Waals surface area contributed by atoms with Crippen molar-refractivity contribution in [1.82, 2.24) is 9.97 Å². The topological polar surface area (TPSA) is 61.0 Å². The van der Waals surface area contributed by atoms with Gasteiger partial charge < -0.3 is 10.5 Å². The molecule has 0 atom stereocenters. The van der Waals surface area contributed by atoms with Crippen LogP contribution in [-0.2, 0) is 6.42 Å². The molecule has 0 radical (unpaired) electrons. The zero-order chi connectivity index (χ0) is 9.84. The van der Waals surface area contributed by atoms with Gasteiger partial charge in [0.25, 0.3) is 0 Å². The average molecular weight is 179 g/mol. The van der Waals surface area contributed by atoms with Crippen molar-refractivity contribution < 1.29 is 4.74 Å². The van der Waals surface area contributed by atoms with Crippen molar-refractivity contribution >= 4 is 5.95 Å². The number of nitrogens with zero attached hydrogens (tertiary/aromatic N) is 2. The van der Waals surface area contributed by atoms with Gasteiger partial charge in [0.05, 0.1) is 12.8 Å². The van der Waals surface area contributed by atoms with Crippen molar-refractivity contribution in [1.29, 1.82) is 0 Å². The van der Waals surface area contributed by atoms with Crippen LogP contribution in [0.2, 0.25) is 0 Å². The van der Waals surface area contributed by atoms with Gasteiger partial charge >= 0.3 is 0 Å². The quantitative estimate of drug-likeness (QED) is 0.706. The Morgan fingerprint density at radius 2 is 2.23 bits per heavy atom. The standard InChI is InChI=1S/C9H13N3O/c1-4-5-7-6(2)11-9(10)12-8(7)13-3/h4H,1,5H2,2-3H3,(H2,10,11,12). The summed E-state index contributed by atoms with van der Waals surface area (Å²) in [7, 11) is 1.56. The zero-order valence-electron chi connectivity index (χ0n) is 7.87. The van der Waals surface area contributed by atoms with Crippen molar-refractivity contribution in [3.05, 3.63) is 23.9 Å². The normalized spacial score (nSPS) is 9.69. The lowest BCUT2D eigenvalue weighted by Gasteiger charge is -2.08. The molecule has 1 rings (SSSR count). The van der Waals surface area contributed by atoms with Gasteiger partial charge in [0.15, 0.2) is 0 Å². The number of anilines is 1. The van der Waals surface area contributed by atoms with Gasteiger partial charge in [-0.2, -0.15) is 4.98 Å². The van der Waals surface area contributed by atoms with Gasteiger partial charge in [-0.25, -0.2) is 4.98 Å². The fourth-order valence-electron chi connectivity index (χ4n) is 1.14. The Hall–Kier alpha value is -1.58. The van der Waals surface area contributed by atoms with Gasteiger partial charge in [-0.1, -0.05) is 6.08 Å². The van der Waals surface area contributed by atoms with Crippen molar-refractivity contribution in [2.45, 2.75) is 13.3 Å². The Balaban J connectivity index is 3.20. The maximum atomic E-state index is 5.47. The van der Waals surface area contributed by atoms with E-state index in [9.17, 15) is 0 Å². The third kappa shape index (κ3) is 1.96. The number of nitrogens with two attached hydrogens (primary N) is 1.